The van der Waals surface area contributed by atoms with E-state index in [-0.39, 0.29) is 11.6 Å². The molecule has 28 heavy (non-hydrogen) atoms. The number of aromatic amines is 1. The average molecular weight is 378 g/mol. The van der Waals surface area contributed by atoms with Gasteiger partial charge >= 0.3 is 0 Å². The Kier molecular flexibility index (Phi) is 3.90. The van der Waals surface area contributed by atoms with Crippen molar-refractivity contribution in [3.63, 3.8) is 0 Å². The van der Waals surface area contributed by atoms with Gasteiger partial charge in [-0.3, -0.25) is 4.79 Å². The molecule has 0 spiro atoms. The molecule has 0 amide bonds. The van der Waals surface area contributed by atoms with Crippen LogP contribution in [0.5, 0.6) is 0 Å². The maximum Gasteiger partial charge on any atom is 0.295 e. The molecule has 4 aromatic heterocycles. The van der Waals surface area contributed by atoms with Crippen LogP contribution in [0.1, 0.15) is 24.2 Å². The van der Waals surface area contributed by atoms with Gasteiger partial charge < -0.3 is 20.0 Å². The van der Waals surface area contributed by atoms with E-state index in [0.717, 1.165) is 43.0 Å². The monoisotopic (exact) mass is 378 g/mol. The van der Waals surface area contributed by atoms with Gasteiger partial charge in [-0.2, -0.15) is 5.10 Å². The Balaban J connectivity index is 1.49. The highest BCUT2D eigenvalue weighted by Crippen LogP contribution is 2.18. The molecule has 0 aliphatic carbocycles. The van der Waals surface area contributed by atoms with Crippen molar-refractivity contribution in [2.45, 2.75) is 32.4 Å². The molecule has 0 bridgehead atoms. The third-order valence-electron chi connectivity index (χ3n) is 5.30. The molecule has 1 aliphatic heterocycles. The Morgan fingerprint density at radius 3 is 3.04 bits per heavy atom. The van der Waals surface area contributed by atoms with Crippen LogP contribution in [-0.4, -0.2) is 48.3 Å². The van der Waals surface area contributed by atoms with Gasteiger partial charge in [0.2, 0.25) is 5.95 Å². The van der Waals surface area contributed by atoms with E-state index in [4.69, 9.17) is 5.73 Å². The third kappa shape index (κ3) is 2.84. The minimum absolute atomic E-state index is 0.134. The number of aryl methyl sites for hydroxylation is 1. The fourth-order valence-electron chi connectivity index (χ4n) is 3.83. The lowest BCUT2D eigenvalue weighted by Gasteiger charge is -2.30. The van der Waals surface area contributed by atoms with Crippen molar-refractivity contribution in [2.75, 3.05) is 18.0 Å². The SMILES string of the molecule is Cc1cccc2nc(Cn3ncc4[nH]c(N5CCC[C@@H](N)C5)nc4c3=O)cn12. The molecule has 1 atom stereocenters. The van der Waals surface area contributed by atoms with Gasteiger partial charge in [0.05, 0.1) is 24.0 Å². The largest absolute Gasteiger partial charge is 0.341 e. The second-order valence-electron chi connectivity index (χ2n) is 7.41. The molecule has 5 heterocycles. The third-order valence-corrected chi connectivity index (χ3v) is 5.30. The molecule has 9 nitrogen and oxygen atoms in total. The van der Waals surface area contributed by atoms with E-state index in [2.05, 4.69) is 25.0 Å². The van der Waals surface area contributed by atoms with E-state index in [1.807, 2.05) is 35.7 Å². The van der Waals surface area contributed by atoms with Gasteiger partial charge in [0, 0.05) is 31.0 Å². The Bertz CT molecular complexity index is 1220. The molecule has 0 saturated carbocycles. The fraction of sp³-hybridized carbons (Fsp3) is 0.368. The molecule has 4 aromatic rings. The van der Waals surface area contributed by atoms with Crippen molar-refractivity contribution in [3.8, 4) is 0 Å². The number of piperidine rings is 1. The zero-order chi connectivity index (χ0) is 19.3. The maximum atomic E-state index is 12.9. The van der Waals surface area contributed by atoms with Crippen LogP contribution in [0, 0.1) is 6.92 Å². The number of aromatic nitrogens is 6. The molecular formula is C19H22N8O. The van der Waals surface area contributed by atoms with Crippen molar-refractivity contribution >= 4 is 22.6 Å². The highest BCUT2D eigenvalue weighted by Gasteiger charge is 2.21. The highest BCUT2D eigenvalue weighted by molar-refractivity contribution is 5.75. The van der Waals surface area contributed by atoms with Crippen LogP contribution in [0.2, 0.25) is 0 Å². The van der Waals surface area contributed by atoms with Gasteiger partial charge in [-0.1, -0.05) is 6.07 Å². The minimum atomic E-state index is -0.227. The quantitative estimate of drug-likeness (QED) is 0.551. The molecule has 5 rings (SSSR count). The molecule has 0 aromatic carbocycles. The number of H-pyrrole nitrogens is 1. The lowest BCUT2D eigenvalue weighted by Crippen LogP contribution is -2.43. The summed E-state index contributed by atoms with van der Waals surface area (Å²) in [6.07, 6.45) is 5.63. The Labute approximate surface area is 160 Å². The second-order valence-corrected chi connectivity index (χ2v) is 7.41. The predicted octanol–water partition coefficient (Wildman–Crippen LogP) is 1.05. The van der Waals surface area contributed by atoms with Crippen LogP contribution < -0.4 is 16.2 Å². The van der Waals surface area contributed by atoms with Crippen LogP contribution in [0.25, 0.3) is 16.7 Å². The van der Waals surface area contributed by atoms with Crippen molar-refractivity contribution in [2.24, 2.45) is 5.73 Å². The number of pyridine rings is 1. The maximum absolute atomic E-state index is 12.9. The number of imidazole rings is 2. The molecule has 9 heteroatoms. The van der Waals surface area contributed by atoms with Crippen LogP contribution in [-0.2, 0) is 6.54 Å². The van der Waals surface area contributed by atoms with Crippen LogP contribution in [0.15, 0.2) is 35.4 Å². The zero-order valence-corrected chi connectivity index (χ0v) is 15.7. The number of rotatable bonds is 3. The predicted molar refractivity (Wildman–Crippen MR) is 107 cm³/mol. The summed E-state index contributed by atoms with van der Waals surface area (Å²) in [5.74, 6) is 0.685. The van der Waals surface area contributed by atoms with Crippen LogP contribution in [0.4, 0.5) is 5.95 Å². The van der Waals surface area contributed by atoms with Gasteiger partial charge in [0.1, 0.15) is 5.65 Å². The number of fused-ring (bicyclic) bond motifs is 2. The van der Waals surface area contributed by atoms with Gasteiger partial charge in [-0.15, -0.1) is 0 Å². The minimum Gasteiger partial charge on any atom is -0.341 e. The van der Waals surface area contributed by atoms with Gasteiger partial charge in [-0.25, -0.2) is 14.6 Å². The summed E-state index contributed by atoms with van der Waals surface area (Å²) in [5.41, 5.74) is 9.59. The van der Waals surface area contributed by atoms with E-state index in [9.17, 15) is 4.79 Å². The standard InChI is InChI=1S/C19H22N8O/c1-12-4-2-6-16-22-14(10-26(12)16)11-27-18(28)17-15(8-21-27)23-19(24-17)25-7-3-5-13(20)9-25/h2,4,6,8,10,13H,3,5,7,9,11,20H2,1H3,(H,23,24)/t13-/m1/s1. The topological polar surface area (TPSA) is 110 Å². The first-order valence-electron chi connectivity index (χ1n) is 9.48. The summed E-state index contributed by atoms with van der Waals surface area (Å²) < 4.78 is 3.41. The summed E-state index contributed by atoms with van der Waals surface area (Å²) in [6.45, 7) is 3.94. The molecule has 1 saturated heterocycles. The first-order chi connectivity index (χ1) is 13.6. The number of hydrogen-bond acceptors (Lipinski definition) is 6. The van der Waals surface area contributed by atoms with Gasteiger partial charge in [-0.05, 0) is 31.9 Å². The van der Waals surface area contributed by atoms with Crippen molar-refractivity contribution in [1.82, 2.24) is 29.1 Å². The van der Waals surface area contributed by atoms with Crippen LogP contribution >= 0.6 is 0 Å². The summed E-state index contributed by atoms with van der Waals surface area (Å²) in [7, 11) is 0. The van der Waals surface area contributed by atoms with E-state index in [1.54, 1.807) is 6.20 Å². The first kappa shape index (κ1) is 16.9. The number of nitrogens with one attached hydrogen (secondary N) is 1. The molecule has 1 aliphatic rings. The van der Waals surface area contributed by atoms with Crippen molar-refractivity contribution in [3.05, 3.63) is 52.3 Å². The molecular weight excluding hydrogens is 356 g/mol. The first-order valence-corrected chi connectivity index (χ1v) is 9.48. The zero-order valence-electron chi connectivity index (χ0n) is 15.7. The number of anilines is 1. The molecule has 3 N–H and O–H groups in total. The smallest absolute Gasteiger partial charge is 0.295 e. The second kappa shape index (κ2) is 6.45. The van der Waals surface area contributed by atoms with Crippen molar-refractivity contribution < 1.29 is 0 Å². The lowest BCUT2D eigenvalue weighted by atomic mass is 10.1. The summed E-state index contributed by atoms with van der Waals surface area (Å²) in [5, 5.41) is 4.31. The molecule has 0 unspecified atom stereocenters. The number of nitrogens with zero attached hydrogens (tertiary/aromatic N) is 6. The number of hydrogen-bond donors (Lipinski definition) is 2. The summed E-state index contributed by atoms with van der Waals surface area (Å²) >= 11 is 0. The Morgan fingerprint density at radius 2 is 2.21 bits per heavy atom. The lowest BCUT2D eigenvalue weighted by molar-refractivity contribution is 0.501. The molecule has 0 radical (unpaired) electrons. The molecule has 144 valence electrons. The average Bonchev–Trinajstić information content (AvgIpc) is 3.29. The van der Waals surface area contributed by atoms with Gasteiger partial charge in [0.15, 0.2) is 5.52 Å². The Hall–Kier alpha value is -3.20. The highest BCUT2D eigenvalue weighted by atomic mass is 16.1. The Morgan fingerprint density at radius 1 is 1.32 bits per heavy atom. The van der Waals surface area contributed by atoms with E-state index in [1.165, 1.54) is 4.68 Å². The molecule has 1 fully saturated rings. The summed E-state index contributed by atoms with van der Waals surface area (Å²) in [6, 6.07) is 6.07. The van der Waals surface area contributed by atoms with E-state index in [0.29, 0.717) is 23.5 Å². The fourth-order valence-corrected chi connectivity index (χ4v) is 3.83. The van der Waals surface area contributed by atoms with Gasteiger partial charge in [0.25, 0.3) is 5.56 Å². The van der Waals surface area contributed by atoms with E-state index >= 15 is 0 Å². The summed E-state index contributed by atoms with van der Waals surface area (Å²) in [4.78, 5) is 27.4. The van der Waals surface area contributed by atoms with Crippen LogP contribution in [0.3, 0.4) is 0 Å². The normalized spacial score (nSPS) is 17.6. The number of nitrogens with two attached hydrogens (primary N) is 1. The van der Waals surface area contributed by atoms with Crippen molar-refractivity contribution in [1.29, 1.82) is 0 Å². The van der Waals surface area contributed by atoms with E-state index < -0.39 is 0 Å².